The number of hydrogen-bond acceptors (Lipinski definition) is 4. The van der Waals surface area contributed by atoms with Gasteiger partial charge in [0.2, 0.25) is 11.8 Å². The molecule has 0 spiro atoms. The van der Waals surface area contributed by atoms with E-state index in [-0.39, 0.29) is 24.7 Å². The van der Waals surface area contributed by atoms with Crippen molar-refractivity contribution in [1.82, 2.24) is 10.9 Å². The molecule has 0 heterocycles. The quantitative estimate of drug-likeness (QED) is 0.139. The molecule has 6 rings (SSSR count). The van der Waals surface area contributed by atoms with Crippen molar-refractivity contribution in [2.75, 3.05) is 0 Å². The largest absolute Gasteiger partial charge is 0.273 e. The highest BCUT2D eigenvalue weighted by atomic mass is 16.2. The summed E-state index contributed by atoms with van der Waals surface area (Å²) >= 11 is 0. The topological polar surface area (TPSA) is 82.9 Å². The molecule has 6 heteroatoms. The lowest BCUT2D eigenvalue weighted by Crippen LogP contribution is -2.22. The molecule has 0 bridgehead atoms. The smallest absolute Gasteiger partial charge is 0.240 e. The van der Waals surface area contributed by atoms with Crippen molar-refractivity contribution >= 4 is 67.3 Å². The van der Waals surface area contributed by atoms with E-state index < -0.39 is 0 Å². The van der Waals surface area contributed by atoms with Crippen LogP contribution in [0.3, 0.4) is 0 Å². The number of nitrogens with one attached hydrogen (secondary N) is 2. The van der Waals surface area contributed by atoms with Gasteiger partial charge in [0.1, 0.15) is 0 Å². The molecule has 6 aromatic rings. The molecule has 6 nitrogen and oxygen atoms in total. The summed E-state index contributed by atoms with van der Waals surface area (Å²) in [6.45, 7) is 0. The van der Waals surface area contributed by atoms with E-state index in [2.05, 4.69) is 57.5 Å². The number of hydrazone groups is 2. The van der Waals surface area contributed by atoms with E-state index in [4.69, 9.17) is 0 Å². The van der Waals surface area contributed by atoms with Crippen LogP contribution in [0.15, 0.2) is 119 Å². The van der Waals surface area contributed by atoms with Gasteiger partial charge in [-0.05, 0) is 55.2 Å². The number of amides is 2. The number of fused-ring (bicyclic) bond motifs is 4. The summed E-state index contributed by atoms with van der Waals surface area (Å²) in [6.07, 6.45) is 3.32. The zero-order chi connectivity index (χ0) is 27.3. The van der Waals surface area contributed by atoms with Gasteiger partial charge in [-0.2, -0.15) is 10.2 Å². The van der Waals surface area contributed by atoms with E-state index in [1.165, 1.54) is 0 Å². The van der Waals surface area contributed by atoms with Crippen molar-refractivity contribution in [3.8, 4) is 0 Å². The van der Waals surface area contributed by atoms with Crippen LogP contribution in [-0.4, -0.2) is 24.2 Å². The molecular formula is C34H26N4O2. The van der Waals surface area contributed by atoms with Gasteiger partial charge in [-0.3, -0.25) is 9.59 Å². The van der Waals surface area contributed by atoms with Crippen LogP contribution in [0, 0.1) is 0 Å². The average Bonchev–Trinajstić information content (AvgIpc) is 2.99. The molecule has 2 amide bonds. The summed E-state index contributed by atoms with van der Waals surface area (Å²) in [5.74, 6) is -0.695. The lowest BCUT2D eigenvalue weighted by atomic mass is 9.97. The van der Waals surface area contributed by atoms with Crippen LogP contribution < -0.4 is 10.9 Å². The number of carbonyl (C=O) groups is 2. The Labute approximate surface area is 231 Å². The van der Waals surface area contributed by atoms with E-state index in [1.54, 1.807) is 12.4 Å². The van der Waals surface area contributed by atoms with Crippen LogP contribution in [0.4, 0.5) is 0 Å². The maximum atomic E-state index is 12.4. The van der Waals surface area contributed by atoms with Crippen LogP contribution in [0.25, 0.3) is 43.1 Å². The van der Waals surface area contributed by atoms with Gasteiger partial charge in [0.25, 0.3) is 0 Å². The summed E-state index contributed by atoms with van der Waals surface area (Å²) in [5, 5.41) is 17.0. The van der Waals surface area contributed by atoms with E-state index in [9.17, 15) is 9.59 Å². The molecule has 0 aromatic heterocycles. The Kier molecular flexibility index (Phi) is 6.97. The van der Waals surface area contributed by atoms with Gasteiger partial charge >= 0.3 is 0 Å². The molecule has 0 aliphatic carbocycles. The first-order valence-corrected chi connectivity index (χ1v) is 13.1. The third kappa shape index (κ3) is 5.15. The maximum Gasteiger partial charge on any atom is 0.240 e. The molecule has 0 fully saturated rings. The first-order valence-electron chi connectivity index (χ1n) is 13.1. The Balaban J connectivity index is 1.09. The first-order chi connectivity index (χ1) is 19.7. The monoisotopic (exact) mass is 522 g/mol. The normalized spacial score (nSPS) is 11.7. The van der Waals surface area contributed by atoms with Crippen LogP contribution in [0.2, 0.25) is 0 Å². The Morgan fingerprint density at radius 1 is 0.500 bits per heavy atom. The van der Waals surface area contributed by atoms with Gasteiger partial charge in [0, 0.05) is 24.0 Å². The van der Waals surface area contributed by atoms with E-state index in [0.717, 1.165) is 54.2 Å². The Morgan fingerprint density at radius 3 is 1.12 bits per heavy atom. The molecule has 194 valence electrons. The van der Waals surface area contributed by atoms with Crippen molar-refractivity contribution in [3.05, 3.63) is 120 Å². The predicted molar refractivity (Wildman–Crippen MR) is 164 cm³/mol. The minimum absolute atomic E-state index is 0.00776. The number of hydrogen-bond donors (Lipinski definition) is 2. The Morgan fingerprint density at radius 2 is 0.800 bits per heavy atom. The maximum absolute atomic E-state index is 12.4. The minimum Gasteiger partial charge on any atom is -0.273 e. The first kappa shape index (κ1) is 24.9. The lowest BCUT2D eigenvalue weighted by molar-refractivity contribution is -0.126. The molecule has 0 saturated carbocycles. The van der Waals surface area contributed by atoms with Crippen LogP contribution in [0.1, 0.15) is 24.0 Å². The Hall–Kier alpha value is -5.36. The highest BCUT2D eigenvalue weighted by Crippen LogP contribution is 2.28. The van der Waals surface area contributed by atoms with Crippen molar-refractivity contribution in [2.24, 2.45) is 10.2 Å². The van der Waals surface area contributed by atoms with E-state index in [0.29, 0.717) is 0 Å². The summed E-state index contributed by atoms with van der Waals surface area (Å²) in [5.41, 5.74) is 6.97. The summed E-state index contributed by atoms with van der Waals surface area (Å²) in [7, 11) is 0. The fourth-order valence-electron chi connectivity index (χ4n) is 5.05. The molecule has 0 atom stereocenters. The SMILES string of the molecule is O=C(CCC(=O)NN=Cc1c2ccccc2cc2ccccc12)NN=Cc1c2ccccc2cc2ccccc12. The molecule has 0 saturated heterocycles. The van der Waals surface area contributed by atoms with Crippen LogP contribution in [0.5, 0.6) is 0 Å². The molecule has 0 aliphatic heterocycles. The van der Waals surface area contributed by atoms with Gasteiger partial charge in [0.15, 0.2) is 0 Å². The minimum atomic E-state index is -0.347. The summed E-state index contributed by atoms with van der Waals surface area (Å²) in [6, 6.07) is 36.6. The lowest BCUT2D eigenvalue weighted by Gasteiger charge is -2.08. The number of benzene rings is 6. The molecule has 2 N–H and O–H groups in total. The van der Waals surface area contributed by atoms with Gasteiger partial charge in [-0.1, -0.05) is 97.1 Å². The van der Waals surface area contributed by atoms with Crippen molar-refractivity contribution in [2.45, 2.75) is 12.8 Å². The highest BCUT2D eigenvalue weighted by Gasteiger charge is 2.09. The molecule has 40 heavy (non-hydrogen) atoms. The fourth-order valence-corrected chi connectivity index (χ4v) is 5.05. The van der Waals surface area contributed by atoms with Crippen molar-refractivity contribution < 1.29 is 9.59 Å². The second-order valence-electron chi connectivity index (χ2n) is 9.55. The molecule has 6 aromatic carbocycles. The second kappa shape index (κ2) is 11.2. The van der Waals surface area contributed by atoms with E-state index in [1.807, 2.05) is 72.8 Å². The number of nitrogens with zero attached hydrogens (tertiary/aromatic N) is 2. The van der Waals surface area contributed by atoms with Crippen molar-refractivity contribution in [3.63, 3.8) is 0 Å². The average molecular weight is 523 g/mol. The standard InChI is InChI=1S/C34H26N4O2/c39-33(37-35-21-31-27-13-5-1-9-23(27)19-24-10-2-6-14-28(24)31)17-18-34(40)38-36-22-32-29-15-7-3-11-25(29)20-26-12-4-8-16-30(26)32/h1-16,19-22H,17-18H2,(H,37,39)(H,38,40). The third-order valence-electron chi connectivity index (χ3n) is 6.97. The predicted octanol–water partition coefficient (Wildman–Crippen LogP) is 6.68. The molecule has 0 radical (unpaired) electrons. The summed E-state index contributed by atoms with van der Waals surface area (Å²) in [4.78, 5) is 24.8. The zero-order valence-electron chi connectivity index (χ0n) is 21.7. The van der Waals surface area contributed by atoms with Crippen LogP contribution in [-0.2, 0) is 9.59 Å². The van der Waals surface area contributed by atoms with Gasteiger partial charge in [-0.15, -0.1) is 0 Å². The molecular weight excluding hydrogens is 496 g/mol. The highest BCUT2D eigenvalue weighted by molar-refractivity contribution is 6.14. The number of carbonyl (C=O) groups excluding carboxylic acids is 2. The Bertz CT molecular complexity index is 1710. The zero-order valence-corrected chi connectivity index (χ0v) is 21.7. The van der Waals surface area contributed by atoms with Crippen LogP contribution >= 0.6 is 0 Å². The van der Waals surface area contributed by atoms with E-state index >= 15 is 0 Å². The molecule has 0 aliphatic rings. The molecule has 0 unspecified atom stereocenters. The van der Waals surface area contributed by atoms with Crippen molar-refractivity contribution in [1.29, 1.82) is 0 Å². The fraction of sp³-hybridized carbons (Fsp3) is 0.0588. The third-order valence-corrected chi connectivity index (χ3v) is 6.97. The summed E-state index contributed by atoms with van der Waals surface area (Å²) < 4.78 is 0. The van der Waals surface area contributed by atoms with Gasteiger partial charge < -0.3 is 0 Å². The second-order valence-corrected chi connectivity index (χ2v) is 9.55. The number of rotatable bonds is 7. The van der Waals surface area contributed by atoms with Gasteiger partial charge in [-0.25, -0.2) is 10.9 Å². The van der Waals surface area contributed by atoms with Gasteiger partial charge in [0.05, 0.1) is 12.4 Å².